The fourth-order valence-electron chi connectivity index (χ4n) is 2.46. The van der Waals surface area contributed by atoms with Crippen LogP contribution >= 0.6 is 24.0 Å². The van der Waals surface area contributed by atoms with Gasteiger partial charge < -0.3 is 19.9 Å². The summed E-state index contributed by atoms with van der Waals surface area (Å²) in [5.41, 5.74) is 1.22. The van der Waals surface area contributed by atoms with Crippen molar-refractivity contribution in [3.63, 3.8) is 0 Å². The highest BCUT2D eigenvalue weighted by Gasteiger charge is 2.02. The SMILES string of the molecule is C#CCOc1ccc(CCNC(=NC)NCCn2cnnc2CC)cc1.I. The van der Waals surface area contributed by atoms with Gasteiger partial charge in [0.05, 0.1) is 0 Å². The Morgan fingerprint density at radius 3 is 2.67 bits per heavy atom. The number of halogens is 1. The van der Waals surface area contributed by atoms with E-state index in [2.05, 4.69) is 38.7 Å². The molecule has 0 bridgehead atoms. The largest absolute Gasteiger partial charge is 0.481 e. The van der Waals surface area contributed by atoms with Gasteiger partial charge in [0.1, 0.15) is 24.5 Å². The van der Waals surface area contributed by atoms with E-state index in [4.69, 9.17) is 11.2 Å². The van der Waals surface area contributed by atoms with Crippen LogP contribution in [0, 0.1) is 12.3 Å². The van der Waals surface area contributed by atoms with Crippen LogP contribution in [0.3, 0.4) is 0 Å². The van der Waals surface area contributed by atoms with Gasteiger partial charge in [-0.25, -0.2) is 0 Å². The van der Waals surface area contributed by atoms with Crippen LogP contribution in [0.25, 0.3) is 0 Å². The van der Waals surface area contributed by atoms with Gasteiger partial charge in [-0.15, -0.1) is 40.6 Å². The molecule has 27 heavy (non-hydrogen) atoms. The summed E-state index contributed by atoms with van der Waals surface area (Å²) >= 11 is 0. The van der Waals surface area contributed by atoms with E-state index in [-0.39, 0.29) is 30.6 Å². The van der Waals surface area contributed by atoms with Crippen LogP contribution in [0.1, 0.15) is 18.3 Å². The van der Waals surface area contributed by atoms with Crippen molar-refractivity contribution in [3.8, 4) is 18.1 Å². The Bertz CT molecular complexity index is 735. The molecule has 1 aromatic carbocycles. The molecule has 1 aromatic heterocycles. The smallest absolute Gasteiger partial charge is 0.191 e. The first-order valence-corrected chi connectivity index (χ1v) is 8.73. The normalized spacial score (nSPS) is 10.6. The van der Waals surface area contributed by atoms with Gasteiger partial charge in [0.25, 0.3) is 0 Å². The number of aliphatic imine (C=N–C) groups is 1. The van der Waals surface area contributed by atoms with E-state index in [0.29, 0.717) is 0 Å². The number of terminal acetylenes is 1. The van der Waals surface area contributed by atoms with Gasteiger partial charge in [-0.05, 0) is 24.1 Å². The summed E-state index contributed by atoms with van der Waals surface area (Å²) in [5, 5.41) is 14.6. The zero-order valence-corrected chi connectivity index (χ0v) is 18.1. The summed E-state index contributed by atoms with van der Waals surface area (Å²) in [6.45, 7) is 4.71. The van der Waals surface area contributed by atoms with Crippen molar-refractivity contribution in [1.29, 1.82) is 0 Å². The molecule has 8 heteroatoms. The molecule has 0 amide bonds. The second-order valence-electron chi connectivity index (χ2n) is 5.61. The van der Waals surface area contributed by atoms with Crippen molar-refractivity contribution in [2.24, 2.45) is 4.99 Å². The van der Waals surface area contributed by atoms with Gasteiger partial charge in [0, 0.05) is 33.1 Å². The molecule has 0 aliphatic rings. The summed E-state index contributed by atoms with van der Waals surface area (Å²) in [4.78, 5) is 4.24. The van der Waals surface area contributed by atoms with Crippen LogP contribution < -0.4 is 15.4 Å². The topological polar surface area (TPSA) is 76.4 Å². The van der Waals surface area contributed by atoms with Gasteiger partial charge in [-0.2, -0.15) is 0 Å². The van der Waals surface area contributed by atoms with Crippen molar-refractivity contribution < 1.29 is 4.74 Å². The average molecular weight is 482 g/mol. The highest BCUT2D eigenvalue weighted by Crippen LogP contribution is 2.12. The molecule has 0 aliphatic heterocycles. The highest BCUT2D eigenvalue weighted by molar-refractivity contribution is 14.0. The minimum Gasteiger partial charge on any atom is -0.481 e. The zero-order chi connectivity index (χ0) is 18.6. The lowest BCUT2D eigenvalue weighted by Gasteiger charge is -2.13. The summed E-state index contributed by atoms with van der Waals surface area (Å²) in [6.07, 6.45) is 8.70. The van der Waals surface area contributed by atoms with E-state index in [0.717, 1.165) is 50.0 Å². The number of nitrogens with one attached hydrogen (secondary N) is 2. The van der Waals surface area contributed by atoms with Crippen LogP contribution in [0.5, 0.6) is 5.75 Å². The Morgan fingerprint density at radius 1 is 1.26 bits per heavy atom. The molecule has 0 spiro atoms. The van der Waals surface area contributed by atoms with Crippen LogP contribution in [0.4, 0.5) is 0 Å². The van der Waals surface area contributed by atoms with Crippen molar-refractivity contribution >= 4 is 29.9 Å². The van der Waals surface area contributed by atoms with Gasteiger partial charge in [0.15, 0.2) is 5.96 Å². The first-order valence-electron chi connectivity index (χ1n) is 8.73. The molecule has 0 saturated heterocycles. The molecule has 1 heterocycles. The second kappa shape index (κ2) is 13.0. The Morgan fingerprint density at radius 2 is 2.00 bits per heavy atom. The summed E-state index contributed by atoms with van der Waals surface area (Å²) < 4.78 is 7.42. The molecule has 2 N–H and O–H groups in total. The van der Waals surface area contributed by atoms with E-state index in [1.54, 1.807) is 13.4 Å². The third-order valence-electron chi connectivity index (χ3n) is 3.83. The molecule has 0 radical (unpaired) electrons. The number of nitrogens with zero attached hydrogens (tertiary/aromatic N) is 4. The van der Waals surface area contributed by atoms with Gasteiger partial charge in [-0.3, -0.25) is 4.99 Å². The van der Waals surface area contributed by atoms with E-state index in [1.807, 2.05) is 28.8 Å². The number of aryl methyl sites for hydroxylation is 1. The molecular formula is C19H27IN6O. The molecule has 0 saturated carbocycles. The number of aromatic nitrogens is 3. The molecule has 0 fully saturated rings. The molecular weight excluding hydrogens is 455 g/mol. The lowest BCUT2D eigenvalue weighted by Crippen LogP contribution is -2.39. The van der Waals surface area contributed by atoms with Crippen molar-refractivity contribution in [2.45, 2.75) is 26.3 Å². The number of hydrogen-bond donors (Lipinski definition) is 2. The molecule has 146 valence electrons. The maximum Gasteiger partial charge on any atom is 0.191 e. The van der Waals surface area contributed by atoms with Gasteiger partial charge in [0.2, 0.25) is 0 Å². The predicted octanol–water partition coefficient (Wildman–Crippen LogP) is 1.88. The maximum atomic E-state index is 5.37. The van der Waals surface area contributed by atoms with Crippen LogP contribution in [-0.2, 0) is 19.4 Å². The third kappa shape index (κ3) is 7.86. The summed E-state index contributed by atoms with van der Waals surface area (Å²) in [7, 11) is 1.77. The first kappa shape index (κ1) is 22.8. The molecule has 0 aliphatic carbocycles. The third-order valence-corrected chi connectivity index (χ3v) is 3.83. The lowest BCUT2D eigenvalue weighted by atomic mass is 10.1. The van der Waals surface area contributed by atoms with Crippen LogP contribution in [-0.4, -0.2) is 47.5 Å². The van der Waals surface area contributed by atoms with Crippen molar-refractivity contribution in [3.05, 3.63) is 42.0 Å². The predicted molar refractivity (Wildman–Crippen MR) is 119 cm³/mol. The Balaban J connectivity index is 0.00000364. The maximum absolute atomic E-state index is 5.37. The van der Waals surface area contributed by atoms with Crippen molar-refractivity contribution in [2.75, 3.05) is 26.7 Å². The number of hydrogen-bond acceptors (Lipinski definition) is 4. The molecule has 0 unspecified atom stereocenters. The highest BCUT2D eigenvalue weighted by atomic mass is 127. The minimum absolute atomic E-state index is 0. The molecule has 2 aromatic rings. The summed E-state index contributed by atoms with van der Waals surface area (Å²) in [5.74, 6) is 5.02. The number of guanidine groups is 1. The second-order valence-corrected chi connectivity index (χ2v) is 5.61. The standard InChI is InChI=1S/C19H26N6O.HI/c1-4-14-26-17-8-6-16(7-9-17)10-11-21-19(20-3)22-12-13-25-15-23-24-18(25)5-2;/h1,6-9,15H,5,10-14H2,2-3H3,(H2,20,21,22);1H. The fraction of sp³-hybridized carbons (Fsp3) is 0.421. The fourth-order valence-corrected chi connectivity index (χ4v) is 2.46. The van der Waals surface area contributed by atoms with Gasteiger partial charge >= 0.3 is 0 Å². The first-order chi connectivity index (χ1) is 12.8. The molecule has 0 atom stereocenters. The Kier molecular flexibility index (Phi) is 10.9. The summed E-state index contributed by atoms with van der Waals surface area (Å²) in [6, 6.07) is 7.96. The van der Waals surface area contributed by atoms with E-state index >= 15 is 0 Å². The molecule has 7 nitrogen and oxygen atoms in total. The lowest BCUT2D eigenvalue weighted by molar-refractivity contribution is 0.370. The van der Waals surface area contributed by atoms with Crippen LogP contribution in [0.2, 0.25) is 0 Å². The van der Waals surface area contributed by atoms with Gasteiger partial charge in [-0.1, -0.05) is 25.0 Å². The van der Waals surface area contributed by atoms with Crippen LogP contribution in [0.15, 0.2) is 35.6 Å². The number of benzene rings is 1. The monoisotopic (exact) mass is 482 g/mol. The average Bonchev–Trinajstić information content (AvgIpc) is 3.13. The minimum atomic E-state index is 0. The zero-order valence-electron chi connectivity index (χ0n) is 15.8. The Hall–Kier alpha value is -2.28. The number of rotatable bonds is 9. The van der Waals surface area contributed by atoms with E-state index in [1.165, 1.54) is 5.56 Å². The Labute approximate surface area is 178 Å². The quantitative estimate of drug-likeness (QED) is 0.247. The van der Waals surface area contributed by atoms with Crippen molar-refractivity contribution in [1.82, 2.24) is 25.4 Å². The molecule has 2 rings (SSSR count). The van der Waals surface area contributed by atoms with E-state index < -0.39 is 0 Å². The van der Waals surface area contributed by atoms with E-state index in [9.17, 15) is 0 Å². The number of ether oxygens (including phenoxy) is 1.